The van der Waals surface area contributed by atoms with E-state index in [0.717, 1.165) is 18.5 Å². The quantitative estimate of drug-likeness (QED) is 0.887. The predicted octanol–water partition coefficient (Wildman–Crippen LogP) is 3.12. The fourth-order valence-electron chi connectivity index (χ4n) is 2.55. The highest BCUT2D eigenvalue weighted by atomic mass is 32.1. The van der Waals surface area contributed by atoms with Gasteiger partial charge in [0.1, 0.15) is 11.8 Å². The summed E-state index contributed by atoms with van der Waals surface area (Å²) in [4.78, 5) is 17.9. The maximum Gasteiger partial charge on any atom is 0.321 e. The molecule has 2 heterocycles. The number of aryl methyl sites for hydroxylation is 2. The number of hydrogen-bond acceptors (Lipinski definition) is 5. The molecule has 0 aliphatic heterocycles. The molecular formula is C15H19N3O3S. The lowest BCUT2D eigenvalue weighted by Gasteiger charge is -2.15. The van der Waals surface area contributed by atoms with E-state index in [1.165, 1.54) is 17.7 Å². The van der Waals surface area contributed by atoms with Crippen LogP contribution in [0.3, 0.4) is 0 Å². The lowest BCUT2D eigenvalue weighted by atomic mass is 10.0. The molecule has 0 spiro atoms. The van der Waals surface area contributed by atoms with Crippen LogP contribution < -0.4 is 10.6 Å². The Bertz CT molecular complexity index is 601. The number of ether oxygens (including phenoxy) is 1. The van der Waals surface area contributed by atoms with Crippen molar-refractivity contribution in [3.63, 3.8) is 0 Å². The third kappa shape index (κ3) is 3.48. The van der Waals surface area contributed by atoms with Gasteiger partial charge in [0.05, 0.1) is 18.6 Å². The fraction of sp³-hybridized carbons (Fsp3) is 0.467. The van der Waals surface area contributed by atoms with E-state index in [0.29, 0.717) is 17.5 Å². The number of rotatable bonds is 5. The average Bonchev–Trinajstić information content (AvgIpc) is 3.15. The second kappa shape index (κ2) is 6.93. The number of thiazole rings is 1. The highest BCUT2D eigenvalue weighted by molar-refractivity contribution is 7.15. The topological polar surface area (TPSA) is 76.4 Å². The molecule has 0 aromatic carbocycles. The first-order valence-corrected chi connectivity index (χ1v) is 8.16. The van der Waals surface area contributed by atoms with E-state index >= 15 is 0 Å². The molecule has 3 rings (SSSR count). The van der Waals surface area contributed by atoms with Crippen LogP contribution in [0.25, 0.3) is 0 Å². The zero-order valence-electron chi connectivity index (χ0n) is 12.4. The fourth-order valence-corrected chi connectivity index (χ4v) is 3.59. The number of carbonyl (C=O) groups excluding carboxylic acids is 1. The van der Waals surface area contributed by atoms with Crippen LogP contribution in [-0.2, 0) is 17.6 Å². The molecule has 22 heavy (non-hydrogen) atoms. The van der Waals surface area contributed by atoms with Crippen molar-refractivity contribution in [2.75, 3.05) is 19.0 Å². The summed E-state index contributed by atoms with van der Waals surface area (Å²) in [5.41, 5.74) is 1.13. The summed E-state index contributed by atoms with van der Waals surface area (Å²) >= 11 is 1.56. The Kier molecular flexibility index (Phi) is 4.74. The van der Waals surface area contributed by atoms with Gasteiger partial charge in [0, 0.05) is 12.0 Å². The second-order valence-corrected chi connectivity index (χ2v) is 6.30. The van der Waals surface area contributed by atoms with Crippen LogP contribution in [-0.4, -0.2) is 24.7 Å². The molecule has 2 N–H and O–H groups in total. The number of anilines is 1. The van der Waals surface area contributed by atoms with E-state index < -0.39 is 0 Å². The molecule has 1 aliphatic carbocycles. The first kappa shape index (κ1) is 15.1. The van der Waals surface area contributed by atoms with Gasteiger partial charge in [-0.1, -0.05) is 0 Å². The zero-order valence-corrected chi connectivity index (χ0v) is 13.2. The SMILES string of the molecule is COCC(NC(=O)Nc1nc2c(s1)CCCC2)c1ccco1. The van der Waals surface area contributed by atoms with Crippen molar-refractivity contribution in [2.24, 2.45) is 0 Å². The molecule has 2 amide bonds. The van der Waals surface area contributed by atoms with Gasteiger partial charge in [-0.2, -0.15) is 0 Å². The molecule has 0 radical (unpaired) electrons. The highest BCUT2D eigenvalue weighted by Crippen LogP contribution is 2.29. The summed E-state index contributed by atoms with van der Waals surface area (Å²) in [7, 11) is 1.59. The molecule has 2 aromatic heterocycles. The monoisotopic (exact) mass is 321 g/mol. The number of methoxy groups -OCH3 is 1. The number of amides is 2. The molecule has 0 fully saturated rings. The van der Waals surface area contributed by atoms with Crippen molar-refractivity contribution in [2.45, 2.75) is 31.7 Å². The van der Waals surface area contributed by atoms with E-state index in [9.17, 15) is 4.79 Å². The molecule has 6 nitrogen and oxygen atoms in total. The Labute approximate surface area is 132 Å². The maximum atomic E-state index is 12.2. The van der Waals surface area contributed by atoms with E-state index in [-0.39, 0.29) is 12.1 Å². The van der Waals surface area contributed by atoms with E-state index in [4.69, 9.17) is 9.15 Å². The van der Waals surface area contributed by atoms with Crippen molar-refractivity contribution in [3.05, 3.63) is 34.7 Å². The number of carbonyl (C=O) groups is 1. The molecule has 0 bridgehead atoms. The van der Waals surface area contributed by atoms with Crippen LogP contribution in [0.1, 0.15) is 35.2 Å². The molecule has 1 aliphatic rings. The normalized spacial score (nSPS) is 15.1. The standard InChI is InChI=1S/C15H19N3O3S/c1-20-9-11(12-6-4-8-21-12)16-14(19)18-15-17-10-5-2-3-7-13(10)22-15/h4,6,8,11H,2-3,5,7,9H2,1H3,(H2,16,17,18,19). The van der Waals surface area contributed by atoms with Crippen molar-refractivity contribution in [3.8, 4) is 0 Å². The molecule has 0 saturated carbocycles. The zero-order chi connectivity index (χ0) is 15.4. The summed E-state index contributed by atoms with van der Waals surface area (Å²) in [6.45, 7) is 0.343. The van der Waals surface area contributed by atoms with Gasteiger partial charge >= 0.3 is 6.03 Å². The first-order valence-electron chi connectivity index (χ1n) is 7.34. The van der Waals surface area contributed by atoms with Crippen LogP contribution in [0.4, 0.5) is 9.93 Å². The number of fused-ring (bicyclic) bond motifs is 1. The van der Waals surface area contributed by atoms with Crippen LogP contribution >= 0.6 is 11.3 Å². The Morgan fingerprint density at radius 3 is 3.09 bits per heavy atom. The summed E-state index contributed by atoms with van der Waals surface area (Å²) in [6.07, 6.45) is 6.03. The number of hydrogen-bond donors (Lipinski definition) is 2. The molecule has 1 unspecified atom stereocenters. The predicted molar refractivity (Wildman–Crippen MR) is 84.2 cm³/mol. The third-order valence-corrected chi connectivity index (χ3v) is 4.66. The Hall–Kier alpha value is -1.86. The van der Waals surface area contributed by atoms with Crippen LogP contribution in [0.15, 0.2) is 22.8 Å². The Morgan fingerprint density at radius 2 is 2.36 bits per heavy atom. The lowest BCUT2D eigenvalue weighted by molar-refractivity contribution is 0.159. The Morgan fingerprint density at radius 1 is 1.50 bits per heavy atom. The van der Waals surface area contributed by atoms with Gasteiger partial charge < -0.3 is 14.5 Å². The van der Waals surface area contributed by atoms with Gasteiger partial charge in [-0.05, 0) is 37.8 Å². The lowest BCUT2D eigenvalue weighted by Crippen LogP contribution is -2.34. The summed E-state index contributed by atoms with van der Waals surface area (Å²) < 4.78 is 10.5. The summed E-state index contributed by atoms with van der Waals surface area (Å²) in [5, 5.41) is 6.31. The van der Waals surface area contributed by atoms with Crippen molar-refractivity contribution >= 4 is 22.5 Å². The number of aromatic nitrogens is 1. The number of urea groups is 1. The minimum absolute atomic E-state index is 0.301. The average molecular weight is 321 g/mol. The van der Waals surface area contributed by atoms with Crippen molar-refractivity contribution in [1.29, 1.82) is 0 Å². The van der Waals surface area contributed by atoms with E-state index in [1.54, 1.807) is 30.8 Å². The molecule has 2 aromatic rings. The summed E-state index contributed by atoms with van der Waals surface area (Å²) in [6, 6.07) is 2.97. The number of nitrogens with one attached hydrogen (secondary N) is 2. The third-order valence-electron chi connectivity index (χ3n) is 3.59. The van der Waals surface area contributed by atoms with Crippen LogP contribution in [0.2, 0.25) is 0 Å². The van der Waals surface area contributed by atoms with Gasteiger partial charge in [-0.15, -0.1) is 11.3 Å². The second-order valence-electron chi connectivity index (χ2n) is 5.22. The van der Waals surface area contributed by atoms with E-state index in [2.05, 4.69) is 15.6 Å². The van der Waals surface area contributed by atoms with Crippen LogP contribution in [0.5, 0.6) is 0 Å². The smallest absolute Gasteiger partial charge is 0.321 e. The molecular weight excluding hydrogens is 302 g/mol. The number of nitrogens with zero attached hydrogens (tertiary/aromatic N) is 1. The van der Waals surface area contributed by atoms with Gasteiger partial charge in [0.15, 0.2) is 5.13 Å². The van der Waals surface area contributed by atoms with Gasteiger partial charge in [-0.25, -0.2) is 9.78 Å². The minimum Gasteiger partial charge on any atom is -0.467 e. The van der Waals surface area contributed by atoms with E-state index in [1.807, 2.05) is 6.07 Å². The van der Waals surface area contributed by atoms with Crippen molar-refractivity contribution in [1.82, 2.24) is 10.3 Å². The first-order chi connectivity index (χ1) is 10.8. The van der Waals surface area contributed by atoms with Gasteiger partial charge in [0.25, 0.3) is 0 Å². The Balaban J connectivity index is 1.62. The van der Waals surface area contributed by atoms with Gasteiger partial charge in [-0.3, -0.25) is 5.32 Å². The van der Waals surface area contributed by atoms with Gasteiger partial charge in [0.2, 0.25) is 0 Å². The highest BCUT2D eigenvalue weighted by Gasteiger charge is 2.19. The maximum absolute atomic E-state index is 12.2. The summed E-state index contributed by atoms with van der Waals surface area (Å²) in [5.74, 6) is 0.662. The number of furan rings is 1. The van der Waals surface area contributed by atoms with Crippen molar-refractivity contribution < 1.29 is 13.9 Å². The van der Waals surface area contributed by atoms with Crippen LogP contribution in [0, 0.1) is 0 Å². The molecule has 7 heteroatoms. The minimum atomic E-state index is -0.324. The molecule has 0 saturated heterocycles. The molecule has 118 valence electrons. The largest absolute Gasteiger partial charge is 0.467 e. The molecule has 1 atom stereocenters.